The number of nitrogens with one attached hydrogen (secondary N) is 1. The second-order valence-electron chi connectivity index (χ2n) is 13.9. The highest BCUT2D eigenvalue weighted by Crippen LogP contribution is 2.38. The van der Waals surface area contributed by atoms with Crippen LogP contribution in [0, 0.1) is 0 Å². The van der Waals surface area contributed by atoms with Crippen LogP contribution < -0.4 is 10.2 Å². The number of hydrogen-bond donors (Lipinski definition) is 2. The lowest BCUT2D eigenvalue weighted by atomic mass is 10.1. The Morgan fingerprint density at radius 1 is 0.745 bits per heavy atom. The Kier molecular flexibility index (Phi) is 29.9. The number of rotatable bonds is 33. The fourth-order valence-electron chi connectivity index (χ4n) is 5.01. The maximum Gasteiger partial charge on any atom is 0.268 e. The highest BCUT2D eigenvalue weighted by atomic mass is 31.2. The van der Waals surface area contributed by atoms with E-state index in [1.54, 1.807) is 6.08 Å². The smallest absolute Gasteiger partial charge is 0.268 e. The third-order valence-electron chi connectivity index (χ3n) is 8.08. The number of allylic oxidation sites excluding steroid dienone is 5. The van der Waals surface area contributed by atoms with E-state index in [0.717, 1.165) is 70.6 Å². The molecule has 0 bridgehead atoms. The summed E-state index contributed by atoms with van der Waals surface area (Å²) in [6.07, 6.45) is 34.6. The molecular formula is C38H73N2O6P. The van der Waals surface area contributed by atoms with Crippen molar-refractivity contribution in [1.82, 2.24) is 5.32 Å². The molecule has 276 valence electrons. The number of unbranched alkanes of at least 4 members (excludes halogenated alkanes) is 16. The van der Waals surface area contributed by atoms with Crippen LogP contribution in [0.1, 0.15) is 149 Å². The van der Waals surface area contributed by atoms with E-state index in [9.17, 15) is 19.4 Å². The van der Waals surface area contributed by atoms with Crippen molar-refractivity contribution in [1.29, 1.82) is 0 Å². The Labute approximate surface area is 289 Å². The maximum absolute atomic E-state index is 12.7. The molecule has 8 nitrogen and oxygen atoms in total. The number of aliphatic hydroxyl groups excluding tert-OH is 1. The highest BCUT2D eigenvalue weighted by Gasteiger charge is 2.23. The molecule has 0 aromatic carbocycles. The first kappa shape index (κ1) is 45.7. The summed E-state index contributed by atoms with van der Waals surface area (Å²) >= 11 is 0. The van der Waals surface area contributed by atoms with E-state index in [1.807, 2.05) is 27.2 Å². The standard InChI is InChI=1S/C38H73N2O6P/c1-6-8-10-12-14-16-18-20-22-24-26-28-30-32-38(42)39-36(35-46-47(43,44)45-34-33-40(3,4)5)37(41)31-29-27-25-23-21-19-17-15-13-11-9-7-2/h10,12,16,18,29,31,36-37,41H,6-9,11,13-15,17,19-28,30,32-35H2,1-5H3,(H-,39,42,43,44)/b12-10-,18-16-,31-29+. The largest absolute Gasteiger partial charge is 0.756 e. The summed E-state index contributed by atoms with van der Waals surface area (Å²) in [5.41, 5.74) is 0. The van der Waals surface area contributed by atoms with Gasteiger partial charge in [0.05, 0.1) is 39.9 Å². The van der Waals surface area contributed by atoms with Crippen molar-refractivity contribution in [2.45, 2.75) is 161 Å². The summed E-state index contributed by atoms with van der Waals surface area (Å²) in [6.45, 7) is 4.53. The molecule has 47 heavy (non-hydrogen) atoms. The lowest BCUT2D eigenvalue weighted by molar-refractivity contribution is -0.870. The molecule has 0 fully saturated rings. The molecule has 2 N–H and O–H groups in total. The third kappa shape index (κ3) is 33.0. The predicted octanol–water partition coefficient (Wildman–Crippen LogP) is 8.94. The fraction of sp³-hybridized carbons (Fsp3) is 0.816. The summed E-state index contributed by atoms with van der Waals surface area (Å²) in [7, 11) is 1.24. The number of aliphatic hydroxyl groups is 1. The van der Waals surface area contributed by atoms with Crippen LogP contribution in [0.5, 0.6) is 0 Å². The van der Waals surface area contributed by atoms with Gasteiger partial charge in [0.1, 0.15) is 13.2 Å². The number of phosphoric acid groups is 1. The summed E-state index contributed by atoms with van der Waals surface area (Å²) in [6, 6.07) is -0.890. The number of carbonyl (C=O) groups excluding carboxylic acids is 1. The molecule has 0 heterocycles. The van der Waals surface area contributed by atoms with Crippen molar-refractivity contribution in [2.24, 2.45) is 0 Å². The molecule has 0 aromatic rings. The van der Waals surface area contributed by atoms with Crippen molar-refractivity contribution in [3.05, 3.63) is 36.5 Å². The Balaban J connectivity index is 4.59. The molecule has 0 spiro atoms. The zero-order valence-corrected chi connectivity index (χ0v) is 31.9. The van der Waals surface area contributed by atoms with E-state index in [0.29, 0.717) is 17.4 Å². The minimum Gasteiger partial charge on any atom is -0.756 e. The van der Waals surface area contributed by atoms with Crippen molar-refractivity contribution < 1.29 is 32.9 Å². The number of amides is 1. The molecule has 0 aromatic heterocycles. The molecule has 0 aliphatic heterocycles. The minimum absolute atomic E-state index is 0.00467. The van der Waals surface area contributed by atoms with Crippen molar-refractivity contribution in [2.75, 3.05) is 40.9 Å². The second kappa shape index (κ2) is 30.8. The second-order valence-corrected chi connectivity index (χ2v) is 15.3. The Hall–Kier alpha value is -1.28. The minimum atomic E-state index is -4.58. The fourth-order valence-corrected chi connectivity index (χ4v) is 5.73. The highest BCUT2D eigenvalue weighted by molar-refractivity contribution is 7.45. The summed E-state index contributed by atoms with van der Waals surface area (Å²) in [5, 5.41) is 13.7. The zero-order valence-electron chi connectivity index (χ0n) is 31.0. The predicted molar refractivity (Wildman–Crippen MR) is 196 cm³/mol. The Morgan fingerprint density at radius 2 is 1.28 bits per heavy atom. The van der Waals surface area contributed by atoms with Gasteiger partial charge in [-0.3, -0.25) is 9.36 Å². The topological polar surface area (TPSA) is 108 Å². The SMILES string of the molecule is CCC/C=C\C/C=C\CCCCCCCC(=O)NC(COP(=O)([O-])OCC[N+](C)(C)C)C(O)/C=C/CCCCCCCCCCCC. The van der Waals surface area contributed by atoms with E-state index in [2.05, 4.69) is 43.5 Å². The monoisotopic (exact) mass is 685 g/mol. The van der Waals surface area contributed by atoms with Crippen LogP contribution in [-0.2, 0) is 18.4 Å². The Morgan fingerprint density at radius 3 is 1.85 bits per heavy atom. The van der Waals surface area contributed by atoms with Gasteiger partial charge in [-0.2, -0.15) is 0 Å². The van der Waals surface area contributed by atoms with Crippen LogP contribution >= 0.6 is 7.82 Å². The van der Waals surface area contributed by atoms with Gasteiger partial charge in [-0.15, -0.1) is 0 Å². The summed E-state index contributed by atoms with van der Waals surface area (Å²) < 4.78 is 23.0. The van der Waals surface area contributed by atoms with Crippen LogP contribution in [0.4, 0.5) is 0 Å². The number of phosphoric ester groups is 1. The molecule has 0 aliphatic rings. The number of hydrogen-bond acceptors (Lipinski definition) is 6. The third-order valence-corrected chi connectivity index (χ3v) is 9.04. The quantitative estimate of drug-likeness (QED) is 0.0309. The molecule has 0 radical (unpaired) electrons. The van der Waals surface area contributed by atoms with Gasteiger partial charge in [-0.05, 0) is 44.9 Å². The van der Waals surface area contributed by atoms with Gasteiger partial charge in [0.25, 0.3) is 7.82 Å². The van der Waals surface area contributed by atoms with Crippen molar-refractivity contribution >= 4 is 13.7 Å². The first-order valence-electron chi connectivity index (χ1n) is 18.9. The van der Waals surface area contributed by atoms with Gasteiger partial charge >= 0.3 is 0 Å². The lowest BCUT2D eigenvalue weighted by Gasteiger charge is -2.29. The molecule has 0 saturated heterocycles. The molecule has 0 saturated carbocycles. The first-order valence-corrected chi connectivity index (χ1v) is 20.3. The van der Waals surface area contributed by atoms with Crippen LogP contribution in [0.3, 0.4) is 0 Å². The van der Waals surface area contributed by atoms with Crippen LogP contribution in [-0.4, -0.2) is 68.5 Å². The van der Waals surface area contributed by atoms with E-state index < -0.39 is 20.0 Å². The van der Waals surface area contributed by atoms with Gasteiger partial charge in [0.15, 0.2) is 0 Å². The number of likely N-dealkylation sites (N-methyl/N-ethyl adjacent to an activating group) is 1. The summed E-state index contributed by atoms with van der Waals surface area (Å²) in [5.74, 6) is -0.216. The molecule has 0 rings (SSSR count). The van der Waals surface area contributed by atoms with Gasteiger partial charge in [-0.25, -0.2) is 0 Å². The van der Waals surface area contributed by atoms with E-state index >= 15 is 0 Å². The molecule has 3 unspecified atom stereocenters. The number of quaternary nitrogens is 1. The lowest BCUT2D eigenvalue weighted by Crippen LogP contribution is -2.45. The molecule has 0 aliphatic carbocycles. The zero-order chi connectivity index (χ0) is 35.1. The summed E-state index contributed by atoms with van der Waals surface area (Å²) in [4.78, 5) is 25.1. The Bertz CT molecular complexity index is 871. The van der Waals surface area contributed by atoms with Gasteiger partial charge in [0.2, 0.25) is 5.91 Å². The van der Waals surface area contributed by atoms with Crippen LogP contribution in [0.2, 0.25) is 0 Å². The average molecular weight is 685 g/mol. The van der Waals surface area contributed by atoms with Crippen LogP contribution in [0.25, 0.3) is 0 Å². The molecular weight excluding hydrogens is 611 g/mol. The van der Waals surface area contributed by atoms with Gasteiger partial charge in [-0.1, -0.05) is 134 Å². The molecule has 3 atom stereocenters. The maximum atomic E-state index is 12.7. The molecule has 1 amide bonds. The van der Waals surface area contributed by atoms with Gasteiger partial charge < -0.3 is 28.8 Å². The number of nitrogens with zero attached hydrogens (tertiary/aromatic N) is 1. The van der Waals surface area contributed by atoms with E-state index in [1.165, 1.54) is 57.8 Å². The van der Waals surface area contributed by atoms with Crippen molar-refractivity contribution in [3.63, 3.8) is 0 Å². The van der Waals surface area contributed by atoms with E-state index in [-0.39, 0.29) is 19.1 Å². The normalized spacial score (nSPS) is 15.1. The van der Waals surface area contributed by atoms with E-state index in [4.69, 9.17) is 9.05 Å². The van der Waals surface area contributed by atoms with Crippen LogP contribution in [0.15, 0.2) is 36.5 Å². The first-order chi connectivity index (χ1) is 22.5. The van der Waals surface area contributed by atoms with Gasteiger partial charge in [0, 0.05) is 6.42 Å². The average Bonchev–Trinajstić information content (AvgIpc) is 3.01. The molecule has 9 heteroatoms. The number of carbonyl (C=O) groups is 1. The van der Waals surface area contributed by atoms with Crippen molar-refractivity contribution in [3.8, 4) is 0 Å².